The van der Waals surface area contributed by atoms with Gasteiger partial charge < -0.3 is 15.5 Å². The van der Waals surface area contributed by atoms with Gasteiger partial charge in [-0.05, 0) is 37.6 Å². The number of carbonyl (C=O) groups is 2. The van der Waals surface area contributed by atoms with Gasteiger partial charge in [-0.1, -0.05) is 19.3 Å². The molecule has 1 heterocycles. The number of hydrogen-bond acceptors (Lipinski definition) is 3. The number of nitrogens with two attached hydrogens (primary N) is 1. The normalized spacial score (nSPS) is 22.4. The Hall–Kier alpha value is -1.10. The molecule has 0 radical (unpaired) electrons. The van der Waals surface area contributed by atoms with Crippen molar-refractivity contribution in [3.8, 4) is 0 Å². The molecule has 1 aliphatic heterocycles. The predicted octanol–water partition coefficient (Wildman–Crippen LogP) is 1.61. The van der Waals surface area contributed by atoms with Gasteiger partial charge in [0.15, 0.2) is 0 Å². The summed E-state index contributed by atoms with van der Waals surface area (Å²) in [5.41, 5.74) is 6.02. The molecule has 0 spiro atoms. The van der Waals surface area contributed by atoms with Crippen molar-refractivity contribution in [1.82, 2.24) is 9.80 Å². The van der Waals surface area contributed by atoms with E-state index in [0.717, 1.165) is 25.7 Å². The van der Waals surface area contributed by atoms with Crippen LogP contribution in [-0.2, 0) is 9.59 Å². The van der Waals surface area contributed by atoms with Gasteiger partial charge in [0.25, 0.3) is 0 Å². The largest absolute Gasteiger partial charge is 0.349 e. The van der Waals surface area contributed by atoms with Crippen molar-refractivity contribution in [2.75, 3.05) is 33.7 Å². The first kappa shape index (κ1) is 17.3. The molecule has 1 saturated carbocycles. The molecule has 22 heavy (non-hydrogen) atoms. The van der Waals surface area contributed by atoms with E-state index in [9.17, 15) is 9.59 Å². The maximum Gasteiger partial charge on any atom is 0.225 e. The summed E-state index contributed by atoms with van der Waals surface area (Å²) in [4.78, 5) is 28.2. The summed E-state index contributed by atoms with van der Waals surface area (Å²) in [5, 5.41) is 0. The van der Waals surface area contributed by atoms with Crippen molar-refractivity contribution >= 4 is 11.8 Å². The number of nitrogens with zero attached hydrogens (tertiary/aromatic N) is 2. The molecule has 2 fully saturated rings. The Morgan fingerprint density at radius 3 is 2.23 bits per heavy atom. The molecule has 0 unspecified atom stereocenters. The molecular formula is C17H31N3O2. The lowest BCUT2D eigenvalue weighted by atomic mass is 9.71. The third-order valence-corrected chi connectivity index (χ3v) is 5.51. The number of amides is 2. The summed E-state index contributed by atoms with van der Waals surface area (Å²) >= 11 is 0. The molecule has 1 aliphatic carbocycles. The van der Waals surface area contributed by atoms with Crippen LogP contribution in [0.15, 0.2) is 0 Å². The quantitative estimate of drug-likeness (QED) is 0.858. The van der Waals surface area contributed by atoms with Crippen molar-refractivity contribution in [1.29, 1.82) is 0 Å². The molecule has 2 N–H and O–H groups in total. The first-order valence-corrected chi connectivity index (χ1v) is 8.66. The standard InChI is InChI=1S/C17H31N3O2/c1-19(2)16(22)14-6-10-20(11-7-14)15(21)12-17(13-18)8-4-3-5-9-17/h14H,3-13,18H2,1-2H3. The van der Waals surface area contributed by atoms with Gasteiger partial charge in [0, 0.05) is 39.5 Å². The second-order valence-electron chi connectivity index (χ2n) is 7.33. The fourth-order valence-electron chi connectivity index (χ4n) is 3.93. The smallest absolute Gasteiger partial charge is 0.225 e. The lowest BCUT2D eigenvalue weighted by Gasteiger charge is -2.39. The number of rotatable bonds is 4. The van der Waals surface area contributed by atoms with Crippen LogP contribution in [0.2, 0.25) is 0 Å². The molecule has 5 nitrogen and oxygen atoms in total. The average molecular weight is 309 g/mol. The van der Waals surface area contributed by atoms with E-state index in [-0.39, 0.29) is 23.1 Å². The highest BCUT2D eigenvalue weighted by Crippen LogP contribution is 2.39. The zero-order valence-corrected chi connectivity index (χ0v) is 14.1. The van der Waals surface area contributed by atoms with Gasteiger partial charge >= 0.3 is 0 Å². The molecule has 0 aromatic rings. The van der Waals surface area contributed by atoms with Gasteiger partial charge in [-0.3, -0.25) is 9.59 Å². The summed E-state index contributed by atoms with van der Waals surface area (Å²) in [6.07, 6.45) is 8.02. The van der Waals surface area contributed by atoms with E-state index in [1.54, 1.807) is 19.0 Å². The summed E-state index contributed by atoms with van der Waals surface area (Å²) < 4.78 is 0. The fraction of sp³-hybridized carbons (Fsp3) is 0.882. The summed E-state index contributed by atoms with van der Waals surface area (Å²) in [7, 11) is 3.60. The molecule has 2 amide bonds. The van der Waals surface area contributed by atoms with E-state index in [2.05, 4.69) is 0 Å². The predicted molar refractivity (Wildman–Crippen MR) is 87.2 cm³/mol. The van der Waals surface area contributed by atoms with Crippen LogP contribution in [-0.4, -0.2) is 55.3 Å². The molecule has 0 atom stereocenters. The molecule has 0 bridgehead atoms. The molecule has 2 aliphatic rings. The van der Waals surface area contributed by atoms with Crippen LogP contribution in [0.1, 0.15) is 51.4 Å². The molecule has 0 aromatic carbocycles. The van der Waals surface area contributed by atoms with Crippen LogP contribution in [0.5, 0.6) is 0 Å². The van der Waals surface area contributed by atoms with Crippen LogP contribution in [0.25, 0.3) is 0 Å². The van der Waals surface area contributed by atoms with Crippen LogP contribution in [0, 0.1) is 11.3 Å². The van der Waals surface area contributed by atoms with Crippen molar-refractivity contribution in [3.05, 3.63) is 0 Å². The van der Waals surface area contributed by atoms with Crippen molar-refractivity contribution in [3.63, 3.8) is 0 Å². The first-order valence-electron chi connectivity index (χ1n) is 8.66. The highest BCUT2D eigenvalue weighted by molar-refractivity contribution is 5.80. The monoisotopic (exact) mass is 309 g/mol. The van der Waals surface area contributed by atoms with Crippen LogP contribution in [0.4, 0.5) is 0 Å². The zero-order valence-electron chi connectivity index (χ0n) is 14.1. The number of carbonyl (C=O) groups excluding carboxylic acids is 2. The molecule has 0 aromatic heterocycles. The molecule has 1 saturated heterocycles. The van der Waals surface area contributed by atoms with Crippen molar-refractivity contribution in [2.45, 2.75) is 51.4 Å². The van der Waals surface area contributed by atoms with E-state index in [1.807, 2.05) is 4.90 Å². The maximum absolute atomic E-state index is 12.6. The van der Waals surface area contributed by atoms with Gasteiger partial charge in [0.05, 0.1) is 0 Å². The van der Waals surface area contributed by atoms with Gasteiger partial charge in [-0.2, -0.15) is 0 Å². The highest BCUT2D eigenvalue weighted by Gasteiger charge is 2.36. The topological polar surface area (TPSA) is 66.6 Å². The molecule has 126 valence electrons. The van der Waals surface area contributed by atoms with E-state index < -0.39 is 0 Å². The Balaban J connectivity index is 1.85. The third kappa shape index (κ3) is 4.00. The zero-order chi connectivity index (χ0) is 16.2. The second kappa shape index (κ2) is 7.44. The SMILES string of the molecule is CN(C)C(=O)C1CCN(C(=O)CC2(CN)CCCCC2)CC1. The van der Waals surface area contributed by atoms with E-state index >= 15 is 0 Å². The lowest BCUT2D eigenvalue weighted by Crippen LogP contribution is -2.45. The second-order valence-corrected chi connectivity index (χ2v) is 7.33. The van der Waals surface area contributed by atoms with Crippen LogP contribution >= 0.6 is 0 Å². The Labute approximate surface area is 134 Å². The Kier molecular flexibility index (Phi) is 5.84. The summed E-state index contributed by atoms with van der Waals surface area (Å²) in [6.45, 7) is 2.04. The Morgan fingerprint density at radius 1 is 1.14 bits per heavy atom. The van der Waals surface area contributed by atoms with Gasteiger partial charge in [-0.15, -0.1) is 0 Å². The van der Waals surface area contributed by atoms with Crippen molar-refractivity contribution in [2.24, 2.45) is 17.1 Å². The number of hydrogen-bond donors (Lipinski definition) is 1. The van der Waals surface area contributed by atoms with E-state index in [4.69, 9.17) is 5.73 Å². The van der Waals surface area contributed by atoms with Crippen LogP contribution < -0.4 is 5.73 Å². The molecule has 5 heteroatoms. The third-order valence-electron chi connectivity index (χ3n) is 5.51. The first-order chi connectivity index (χ1) is 10.5. The van der Waals surface area contributed by atoms with Crippen molar-refractivity contribution < 1.29 is 9.59 Å². The maximum atomic E-state index is 12.6. The number of likely N-dealkylation sites (tertiary alicyclic amines) is 1. The molecular weight excluding hydrogens is 278 g/mol. The minimum atomic E-state index is 0.0334. The minimum absolute atomic E-state index is 0.0334. The average Bonchev–Trinajstić information content (AvgIpc) is 2.55. The lowest BCUT2D eigenvalue weighted by molar-refractivity contribution is -0.140. The number of piperidine rings is 1. The van der Waals surface area contributed by atoms with Gasteiger partial charge in [-0.25, -0.2) is 0 Å². The van der Waals surface area contributed by atoms with Crippen LogP contribution in [0.3, 0.4) is 0 Å². The fourth-order valence-corrected chi connectivity index (χ4v) is 3.93. The highest BCUT2D eigenvalue weighted by atomic mass is 16.2. The Morgan fingerprint density at radius 2 is 1.73 bits per heavy atom. The van der Waals surface area contributed by atoms with Gasteiger partial charge in [0.2, 0.25) is 11.8 Å². The van der Waals surface area contributed by atoms with Gasteiger partial charge in [0.1, 0.15) is 0 Å². The summed E-state index contributed by atoms with van der Waals surface area (Å²) in [5.74, 6) is 0.512. The Bertz CT molecular complexity index is 395. The minimum Gasteiger partial charge on any atom is -0.349 e. The van der Waals surface area contributed by atoms with E-state index in [0.29, 0.717) is 26.1 Å². The summed E-state index contributed by atoms with van der Waals surface area (Å²) in [6, 6.07) is 0. The molecule has 2 rings (SSSR count). The van der Waals surface area contributed by atoms with E-state index in [1.165, 1.54) is 19.3 Å².